The predicted molar refractivity (Wildman–Crippen MR) is 65.9 cm³/mol. The number of ether oxygens (including phenoxy) is 2. The molecular weight excluding hydrogens is 234 g/mol. The molecule has 1 aromatic carbocycles. The summed E-state index contributed by atoms with van der Waals surface area (Å²) in [4.78, 5) is 22.4. The maximum absolute atomic E-state index is 11.5. The van der Waals surface area contributed by atoms with Crippen molar-refractivity contribution in [2.24, 2.45) is 0 Å². The summed E-state index contributed by atoms with van der Waals surface area (Å²) in [5.74, 6) is -0.359. The van der Waals surface area contributed by atoms with Gasteiger partial charge in [-0.05, 0) is 12.5 Å². The summed E-state index contributed by atoms with van der Waals surface area (Å²) in [5, 5.41) is 2.50. The van der Waals surface area contributed by atoms with Crippen molar-refractivity contribution in [3.8, 4) is 0 Å². The largest absolute Gasteiger partial charge is 0.461 e. The predicted octanol–water partition coefficient (Wildman–Crippen LogP) is 1.86. The van der Waals surface area contributed by atoms with Gasteiger partial charge in [-0.1, -0.05) is 30.3 Å². The van der Waals surface area contributed by atoms with Crippen molar-refractivity contribution in [2.75, 3.05) is 7.11 Å². The molecular formula is C13H17NO4. The topological polar surface area (TPSA) is 64.6 Å². The van der Waals surface area contributed by atoms with Crippen LogP contribution in [0.15, 0.2) is 30.3 Å². The van der Waals surface area contributed by atoms with E-state index in [4.69, 9.17) is 4.74 Å². The lowest BCUT2D eigenvalue weighted by Gasteiger charge is -2.12. The second-order valence-electron chi connectivity index (χ2n) is 3.89. The molecule has 0 aromatic heterocycles. The zero-order valence-corrected chi connectivity index (χ0v) is 10.5. The zero-order chi connectivity index (χ0) is 13.4. The van der Waals surface area contributed by atoms with E-state index in [9.17, 15) is 9.59 Å². The number of methoxy groups -OCH3 is 1. The third kappa shape index (κ3) is 5.34. The minimum Gasteiger partial charge on any atom is -0.461 e. The van der Waals surface area contributed by atoms with Crippen molar-refractivity contribution >= 4 is 12.1 Å². The Labute approximate surface area is 106 Å². The van der Waals surface area contributed by atoms with E-state index in [2.05, 4.69) is 10.1 Å². The number of carbonyl (C=O) groups excluding carboxylic acids is 2. The molecule has 0 spiro atoms. The lowest BCUT2D eigenvalue weighted by Crippen LogP contribution is -2.34. The van der Waals surface area contributed by atoms with Crippen LogP contribution in [0.25, 0.3) is 0 Å². The second kappa shape index (κ2) is 7.32. The lowest BCUT2D eigenvalue weighted by molar-refractivity contribution is -0.145. The molecule has 0 bridgehead atoms. The van der Waals surface area contributed by atoms with Crippen LogP contribution in [0.2, 0.25) is 0 Å². The highest BCUT2D eigenvalue weighted by Gasteiger charge is 2.12. The number of hydrogen-bond acceptors (Lipinski definition) is 4. The summed E-state index contributed by atoms with van der Waals surface area (Å²) in [5.41, 5.74) is 0.930. The molecule has 0 aliphatic carbocycles. The van der Waals surface area contributed by atoms with E-state index >= 15 is 0 Å². The molecule has 1 amide bonds. The fraction of sp³-hybridized carbons (Fsp3) is 0.385. The third-order valence-electron chi connectivity index (χ3n) is 2.27. The molecule has 98 valence electrons. The number of esters is 1. The van der Waals surface area contributed by atoms with Gasteiger partial charge in [0.05, 0.1) is 13.5 Å². The highest BCUT2D eigenvalue weighted by Crippen LogP contribution is 2.03. The van der Waals surface area contributed by atoms with E-state index in [1.165, 1.54) is 7.11 Å². The Hall–Kier alpha value is -2.04. The van der Waals surface area contributed by atoms with Gasteiger partial charge >= 0.3 is 12.1 Å². The Balaban J connectivity index is 2.27. The minimum absolute atomic E-state index is 0.113. The van der Waals surface area contributed by atoms with Crippen molar-refractivity contribution in [2.45, 2.75) is 26.0 Å². The van der Waals surface area contributed by atoms with Gasteiger partial charge in [0, 0.05) is 6.04 Å². The average molecular weight is 251 g/mol. The lowest BCUT2D eigenvalue weighted by atomic mass is 10.2. The smallest absolute Gasteiger partial charge is 0.407 e. The first-order valence-corrected chi connectivity index (χ1v) is 5.66. The number of rotatable bonds is 5. The highest BCUT2D eigenvalue weighted by atomic mass is 16.5. The summed E-state index contributed by atoms with van der Waals surface area (Å²) in [6.07, 6.45) is -0.444. The maximum Gasteiger partial charge on any atom is 0.407 e. The van der Waals surface area contributed by atoms with E-state index in [0.29, 0.717) is 0 Å². The van der Waals surface area contributed by atoms with Gasteiger partial charge in [-0.3, -0.25) is 4.79 Å². The van der Waals surface area contributed by atoms with Gasteiger partial charge in [0.15, 0.2) is 0 Å². The monoisotopic (exact) mass is 251 g/mol. The Kier molecular flexibility index (Phi) is 5.70. The number of hydrogen-bond donors (Lipinski definition) is 1. The molecule has 5 nitrogen and oxygen atoms in total. The highest BCUT2D eigenvalue weighted by molar-refractivity contribution is 5.72. The van der Waals surface area contributed by atoms with Crippen molar-refractivity contribution < 1.29 is 19.1 Å². The molecule has 0 saturated carbocycles. The maximum atomic E-state index is 11.5. The van der Waals surface area contributed by atoms with Crippen molar-refractivity contribution in [1.82, 2.24) is 5.32 Å². The molecule has 1 unspecified atom stereocenters. The van der Waals surface area contributed by atoms with E-state index < -0.39 is 6.09 Å². The van der Waals surface area contributed by atoms with E-state index in [1.807, 2.05) is 30.3 Å². The number of nitrogens with one attached hydrogen (secondary N) is 1. The first-order valence-electron chi connectivity index (χ1n) is 5.66. The average Bonchev–Trinajstić information content (AvgIpc) is 2.37. The van der Waals surface area contributed by atoms with Gasteiger partial charge in [-0.2, -0.15) is 0 Å². The molecule has 0 heterocycles. The third-order valence-corrected chi connectivity index (χ3v) is 2.27. The van der Waals surface area contributed by atoms with Crippen molar-refractivity contribution in [1.29, 1.82) is 0 Å². The molecule has 0 fully saturated rings. The van der Waals surface area contributed by atoms with Gasteiger partial charge in [0.2, 0.25) is 0 Å². The van der Waals surface area contributed by atoms with Crippen molar-refractivity contribution in [3.05, 3.63) is 35.9 Å². The van der Waals surface area contributed by atoms with Gasteiger partial charge < -0.3 is 14.8 Å². The Bertz CT molecular complexity index is 391. The normalized spacial score (nSPS) is 11.4. The second-order valence-corrected chi connectivity index (χ2v) is 3.89. The number of benzene rings is 1. The first-order chi connectivity index (χ1) is 8.61. The summed E-state index contributed by atoms with van der Waals surface area (Å²) in [6.45, 7) is 1.95. The van der Waals surface area contributed by atoms with Crippen LogP contribution in [0.1, 0.15) is 18.9 Å². The molecule has 5 heteroatoms. The standard InChI is InChI=1S/C13H17NO4/c1-10(14-13(16)17-2)8-12(15)18-9-11-6-4-3-5-7-11/h3-7,10H,8-9H2,1-2H3,(H,14,16). The quantitative estimate of drug-likeness (QED) is 0.811. The Morgan fingerprint density at radius 1 is 1.28 bits per heavy atom. The van der Waals surface area contributed by atoms with Crippen LogP contribution in [0.4, 0.5) is 4.79 Å². The van der Waals surface area contributed by atoms with E-state index in [-0.39, 0.29) is 25.0 Å². The molecule has 1 atom stereocenters. The molecule has 1 N–H and O–H groups in total. The minimum atomic E-state index is -0.557. The Morgan fingerprint density at radius 2 is 1.94 bits per heavy atom. The molecule has 1 aromatic rings. The Morgan fingerprint density at radius 3 is 2.56 bits per heavy atom. The summed E-state index contributed by atoms with van der Waals surface area (Å²) in [6, 6.07) is 9.09. The number of amides is 1. The van der Waals surface area contributed by atoms with Crippen LogP contribution in [0, 0.1) is 0 Å². The van der Waals surface area contributed by atoms with Crippen LogP contribution >= 0.6 is 0 Å². The molecule has 18 heavy (non-hydrogen) atoms. The first kappa shape index (κ1) is 14.0. The van der Waals surface area contributed by atoms with E-state index in [0.717, 1.165) is 5.56 Å². The summed E-state index contributed by atoms with van der Waals surface area (Å²) >= 11 is 0. The fourth-order valence-electron chi connectivity index (χ4n) is 1.36. The van der Waals surface area contributed by atoms with Crippen LogP contribution in [0.5, 0.6) is 0 Å². The number of carbonyl (C=O) groups is 2. The van der Waals surface area contributed by atoms with E-state index in [1.54, 1.807) is 6.92 Å². The fourth-order valence-corrected chi connectivity index (χ4v) is 1.36. The number of alkyl carbamates (subject to hydrolysis) is 1. The molecule has 0 aliphatic heterocycles. The van der Waals surface area contributed by atoms with Crippen LogP contribution in [-0.2, 0) is 20.9 Å². The molecule has 0 saturated heterocycles. The van der Waals surface area contributed by atoms with Crippen LogP contribution in [0.3, 0.4) is 0 Å². The van der Waals surface area contributed by atoms with Gasteiger partial charge in [0.1, 0.15) is 6.61 Å². The molecule has 1 rings (SSSR count). The summed E-state index contributed by atoms with van der Waals surface area (Å²) in [7, 11) is 1.27. The zero-order valence-electron chi connectivity index (χ0n) is 10.5. The SMILES string of the molecule is COC(=O)NC(C)CC(=O)OCc1ccccc1. The van der Waals surface area contributed by atoms with Gasteiger partial charge in [0.25, 0.3) is 0 Å². The summed E-state index contributed by atoms with van der Waals surface area (Å²) < 4.78 is 9.51. The molecule has 0 aliphatic rings. The van der Waals surface area contributed by atoms with Gasteiger partial charge in [-0.15, -0.1) is 0 Å². The van der Waals surface area contributed by atoms with Gasteiger partial charge in [-0.25, -0.2) is 4.79 Å². The van der Waals surface area contributed by atoms with Crippen LogP contribution in [-0.4, -0.2) is 25.2 Å². The van der Waals surface area contributed by atoms with Crippen molar-refractivity contribution in [3.63, 3.8) is 0 Å². The van der Waals surface area contributed by atoms with Crippen LogP contribution < -0.4 is 5.32 Å². The molecule has 0 radical (unpaired) electrons.